The van der Waals surface area contributed by atoms with Gasteiger partial charge in [-0.3, -0.25) is 0 Å². The van der Waals surface area contributed by atoms with Crippen LogP contribution in [0, 0.1) is 6.92 Å². The first-order chi connectivity index (χ1) is 13.8. The number of aryl methyl sites for hydroxylation is 1. The van der Waals surface area contributed by atoms with Crippen LogP contribution in [0.4, 0.5) is 0 Å². The molecule has 0 aliphatic carbocycles. The molecule has 2 aromatic carbocycles. The molecule has 0 saturated carbocycles. The van der Waals surface area contributed by atoms with E-state index in [1.165, 1.54) is 18.2 Å². The lowest BCUT2D eigenvalue weighted by Crippen LogP contribution is -2.39. The number of nitrogens with zero attached hydrogens (tertiary/aromatic N) is 1. The lowest BCUT2D eigenvalue weighted by atomic mass is 9.99. The second-order valence-electron chi connectivity index (χ2n) is 7.17. The van der Waals surface area contributed by atoms with Gasteiger partial charge in [-0.15, -0.1) is 24.0 Å². The SMILES string of the molecule is CCNC(=NCc1cccc(CS(=O)(=O)NC)c1)NCC(C)c1cccc(C)c1.I. The third kappa shape index (κ3) is 9.01. The molecule has 1 unspecified atom stereocenters. The van der Waals surface area contributed by atoms with Crippen molar-refractivity contribution in [3.63, 3.8) is 0 Å². The van der Waals surface area contributed by atoms with Gasteiger partial charge in [-0.1, -0.05) is 61.0 Å². The highest BCUT2D eigenvalue weighted by atomic mass is 127. The fourth-order valence-corrected chi connectivity index (χ4v) is 3.73. The van der Waals surface area contributed by atoms with Crippen molar-refractivity contribution in [3.8, 4) is 0 Å². The van der Waals surface area contributed by atoms with Crippen LogP contribution in [0.15, 0.2) is 53.5 Å². The van der Waals surface area contributed by atoms with Crippen LogP contribution >= 0.6 is 24.0 Å². The third-order valence-corrected chi connectivity index (χ3v) is 5.95. The van der Waals surface area contributed by atoms with Crippen LogP contribution in [0.3, 0.4) is 0 Å². The Morgan fingerprint density at radius 3 is 2.43 bits per heavy atom. The average molecular weight is 545 g/mol. The number of rotatable bonds is 9. The standard InChI is InChI=1S/C22H32N4O2S.HI/c1-5-24-22(25-14-18(3)21-11-6-8-17(2)12-21)26-15-19-9-7-10-20(13-19)16-29(27,28)23-4;/h6-13,18,23H,5,14-16H2,1-4H3,(H2,24,25,26);1H. The Hall–Kier alpha value is -1.65. The van der Waals surface area contributed by atoms with Gasteiger partial charge in [0.25, 0.3) is 0 Å². The fourth-order valence-electron chi connectivity index (χ4n) is 2.97. The minimum absolute atomic E-state index is 0. The van der Waals surface area contributed by atoms with Gasteiger partial charge in [-0.2, -0.15) is 0 Å². The second-order valence-corrected chi connectivity index (χ2v) is 9.10. The van der Waals surface area contributed by atoms with Crippen LogP contribution in [0.1, 0.15) is 42.0 Å². The van der Waals surface area contributed by atoms with Crippen molar-refractivity contribution in [1.29, 1.82) is 0 Å². The molecule has 0 aliphatic rings. The molecule has 2 rings (SSSR count). The molecule has 0 heterocycles. The summed E-state index contributed by atoms with van der Waals surface area (Å²) in [6, 6.07) is 16.1. The molecule has 0 radical (unpaired) electrons. The Labute approximate surface area is 198 Å². The normalized spacial score (nSPS) is 12.7. The van der Waals surface area contributed by atoms with E-state index in [9.17, 15) is 8.42 Å². The van der Waals surface area contributed by atoms with Crippen LogP contribution < -0.4 is 15.4 Å². The summed E-state index contributed by atoms with van der Waals surface area (Å²) in [6.45, 7) is 8.34. The van der Waals surface area contributed by atoms with E-state index in [2.05, 4.69) is 58.5 Å². The van der Waals surface area contributed by atoms with Crippen molar-refractivity contribution in [1.82, 2.24) is 15.4 Å². The highest BCUT2D eigenvalue weighted by molar-refractivity contribution is 14.0. The minimum atomic E-state index is -3.29. The number of nitrogens with one attached hydrogen (secondary N) is 3. The maximum Gasteiger partial charge on any atom is 0.215 e. The third-order valence-electron chi connectivity index (χ3n) is 4.61. The monoisotopic (exact) mass is 544 g/mol. The summed E-state index contributed by atoms with van der Waals surface area (Å²) in [7, 11) is -1.86. The first-order valence-electron chi connectivity index (χ1n) is 9.90. The minimum Gasteiger partial charge on any atom is -0.357 e. The molecule has 0 fully saturated rings. The largest absolute Gasteiger partial charge is 0.357 e. The fraction of sp³-hybridized carbons (Fsp3) is 0.409. The topological polar surface area (TPSA) is 82.6 Å². The van der Waals surface area contributed by atoms with E-state index in [-0.39, 0.29) is 29.7 Å². The number of hydrogen-bond donors (Lipinski definition) is 3. The second kappa shape index (κ2) is 12.9. The number of hydrogen-bond acceptors (Lipinski definition) is 3. The highest BCUT2D eigenvalue weighted by Gasteiger charge is 2.09. The van der Waals surface area contributed by atoms with Crippen molar-refractivity contribution in [2.24, 2.45) is 4.99 Å². The number of benzene rings is 2. The average Bonchev–Trinajstić information content (AvgIpc) is 2.70. The molecule has 0 amide bonds. The first-order valence-corrected chi connectivity index (χ1v) is 11.6. The smallest absolute Gasteiger partial charge is 0.215 e. The Balaban J connectivity index is 0.00000450. The van der Waals surface area contributed by atoms with Crippen molar-refractivity contribution in [2.45, 2.75) is 39.0 Å². The Kier molecular flexibility index (Phi) is 11.4. The molecule has 0 aromatic heterocycles. The predicted molar refractivity (Wildman–Crippen MR) is 136 cm³/mol. The van der Waals surface area contributed by atoms with Gasteiger partial charge in [0.1, 0.15) is 0 Å². The van der Waals surface area contributed by atoms with E-state index in [1.54, 1.807) is 0 Å². The van der Waals surface area contributed by atoms with E-state index < -0.39 is 10.0 Å². The predicted octanol–water partition coefficient (Wildman–Crippen LogP) is 3.52. The number of aliphatic imine (C=N–C) groups is 1. The molecule has 6 nitrogen and oxygen atoms in total. The van der Waals surface area contributed by atoms with Crippen LogP contribution in [-0.2, 0) is 22.3 Å². The molecule has 0 saturated heterocycles. The van der Waals surface area contributed by atoms with Crippen LogP contribution in [0.5, 0.6) is 0 Å². The van der Waals surface area contributed by atoms with Crippen molar-refractivity contribution < 1.29 is 8.42 Å². The van der Waals surface area contributed by atoms with Gasteiger partial charge in [-0.05, 0) is 43.5 Å². The molecule has 8 heteroatoms. The maximum absolute atomic E-state index is 11.8. The molecule has 0 aliphatic heterocycles. The van der Waals surface area contributed by atoms with Gasteiger partial charge < -0.3 is 10.6 Å². The van der Waals surface area contributed by atoms with E-state index in [0.29, 0.717) is 12.5 Å². The molecule has 3 N–H and O–H groups in total. The van der Waals surface area contributed by atoms with Gasteiger partial charge in [0, 0.05) is 13.1 Å². The van der Waals surface area contributed by atoms with Crippen LogP contribution in [0.25, 0.3) is 0 Å². The summed E-state index contributed by atoms with van der Waals surface area (Å²) in [4.78, 5) is 4.65. The molecule has 2 aromatic rings. The number of halogens is 1. The Morgan fingerprint density at radius 1 is 1.07 bits per heavy atom. The maximum atomic E-state index is 11.8. The summed E-state index contributed by atoms with van der Waals surface area (Å²) < 4.78 is 25.9. The van der Waals surface area contributed by atoms with Gasteiger partial charge >= 0.3 is 0 Å². The highest BCUT2D eigenvalue weighted by Crippen LogP contribution is 2.15. The summed E-state index contributed by atoms with van der Waals surface area (Å²) >= 11 is 0. The van der Waals surface area contributed by atoms with E-state index >= 15 is 0 Å². The molecule has 30 heavy (non-hydrogen) atoms. The zero-order valence-electron chi connectivity index (χ0n) is 18.1. The first kappa shape index (κ1) is 26.4. The van der Waals surface area contributed by atoms with Crippen LogP contribution in [0.2, 0.25) is 0 Å². The van der Waals surface area contributed by atoms with Gasteiger partial charge in [0.05, 0.1) is 12.3 Å². The van der Waals surface area contributed by atoms with E-state index in [0.717, 1.165) is 30.2 Å². The molecule has 0 spiro atoms. The summed E-state index contributed by atoms with van der Waals surface area (Å²) in [5, 5.41) is 6.67. The summed E-state index contributed by atoms with van der Waals surface area (Å²) in [5.74, 6) is 1.07. The van der Waals surface area contributed by atoms with E-state index in [4.69, 9.17) is 0 Å². The summed E-state index contributed by atoms with van der Waals surface area (Å²) in [5.41, 5.74) is 4.28. The number of sulfonamides is 1. The Bertz CT molecular complexity index is 932. The lowest BCUT2D eigenvalue weighted by Gasteiger charge is -2.17. The van der Waals surface area contributed by atoms with Crippen LogP contribution in [-0.4, -0.2) is 34.5 Å². The molecular weight excluding hydrogens is 511 g/mol. The van der Waals surface area contributed by atoms with Crippen molar-refractivity contribution in [3.05, 3.63) is 70.8 Å². The molecule has 166 valence electrons. The zero-order chi connectivity index (χ0) is 21.3. The summed E-state index contributed by atoms with van der Waals surface area (Å²) in [6.07, 6.45) is 0. The van der Waals surface area contributed by atoms with Gasteiger partial charge in [0.15, 0.2) is 5.96 Å². The van der Waals surface area contributed by atoms with Crippen molar-refractivity contribution in [2.75, 3.05) is 20.1 Å². The van der Waals surface area contributed by atoms with Gasteiger partial charge in [0.2, 0.25) is 10.0 Å². The zero-order valence-corrected chi connectivity index (χ0v) is 21.3. The van der Waals surface area contributed by atoms with Crippen molar-refractivity contribution >= 4 is 40.0 Å². The quantitative estimate of drug-likeness (QED) is 0.257. The number of guanidine groups is 1. The lowest BCUT2D eigenvalue weighted by molar-refractivity contribution is 0.587. The van der Waals surface area contributed by atoms with Gasteiger partial charge in [-0.25, -0.2) is 18.1 Å². The van der Waals surface area contributed by atoms with E-state index in [1.807, 2.05) is 31.2 Å². The molecular formula is C22H33IN4O2S. The Morgan fingerprint density at radius 2 is 1.77 bits per heavy atom. The molecule has 0 bridgehead atoms. The molecule has 1 atom stereocenters.